The SMILES string of the molecule is Nc1cc(C(=O)NCc2ccc(C(=O)O)nc2)ccc1Br. The van der Waals surface area contributed by atoms with Crippen LogP contribution in [0.3, 0.4) is 0 Å². The van der Waals surface area contributed by atoms with E-state index < -0.39 is 5.97 Å². The third-order valence-electron chi connectivity index (χ3n) is 2.76. The predicted octanol–water partition coefficient (Wildman–Crippen LogP) is 2.05. The number of benzene rings is 1. The first kappa shape index (κ1) is 15.0. The number of amides is 1. The van der Waals surface area contributed by atoms with E-state index in [0.717, 1.165) is 4.47 Å². The van der Waals surface area contributed by atoms with E-state index >= 15 is 0 Å². The van der Waals surface area contributed by atoms with Gasteiger partial charge in [0, 0.05) is 28.5 Å². The van der Waals surface area contributed by atoms with Crippen LogP contribution >= 0.6 is 15.9 Å². The van der Waals surface area contributed by atoms with Gasteiger partial charge in [-0.1, -0.05) is 6.07 Å². The van der Waals surface area contributed by atoms with E-state index in [1.54, 1.807) is 24.3 Å². The fourth-order valence-corrected chi connectivity index (χ4v) is 1.87. The Kier molecular flexibility index (Phi) is 4.54. The molecule has 0 saturated heterocycles. The van der Waals surface area contributed by atoms with Gasteiger partial charge in [-0.2, -0.15) is 0 Å². The molecular formula is C14H12BrN3O3. The van der Waals surface area contributed by atoms with Crippen molar-refractivity contribution < 1.29 is 14.7 Å². The molecule has 4 N–H and O–H groups in total. The van der Waals surface area contributed by atoms with E-state index in [1.807, 2.05) is 0 Å². The zero-order valence-corrected chi connectivity index (χ0v) is 12.4. The maximum atomic E-state index is 12.0. The number of hydrogen-bond acceptors (Lipinski definition) is 4. The summed E-state index contributed by atoms with van der Waals surface area (Å²) in [4.78, 5) is 26.4. The smallest absolute Gasteiger partial charge is 0.354 e. The van der Waals surface area contributed by atoms with Crippen LogP contribution in [0.1, 0.15) is 26.4 Å². The third kappa shape index (κ3) is 3.79. The van der Waals surface area contributed by atoms with Gasteiger partial charge in [0.25, 0.3) is 5.91 Å². The normalized spacial score (nSPS) is 10.1. The lowest BCUT2D eigenvalue weighted by molar-refractivity contribution is 0.0690. The van der Waals surface area contributed by atoms with Crippen LogP contribution in [-0.2, 0) is 6.54 Å². The summed E-state index contributed by atoms with van der Waals surface area (Å²) in [7, 11) is 0. The zero-order valence-electron chi connectivity index (χ0n) is 10.8. The first-order chi connectivity index (χ1) is 9.97. The van der Waals surface area contributed by atoms with Gasteiger partial charge in [0.05, 0.1) is 0 Å². The number of nitrogens with zero attached hydrogens (tertiary/aromatic N) is 1. The standard InChI is InChI=1S/C14H12BrN3O3/c15-10-3-2-9(5-11(10)16)13(19)18-7-8-1-4-12(14(20)21)17-6-8/h1-6H,7,16H2,(H,18,19)(H,20,21). The maximum absolute atomic E-state index is 12.0. The quantitative estimate of drug-likeness (QED) is 0.732. The summed E-state index contributed by atoms with van der Waals surface area (Å²) in [5.74, 6) is -1.35. The Bertz CT molecular complexity index is 686. The lowest BCUT2D eigenvalue weighted by Crippen LogP contribution is -2.23. The van der Waals surface area contributed by atoms with Crippen molar-refractivity contribution in [3.8, 4) is 0 Å². The van der Waals surface area contributed by atoms with Gasteiger partial charge in [-0.25, -0.2) is 9.78 Å². The molecule has 0 aliphatic heterocycles. The average molecular weight is 350 g/mol. The second-order valence-electron chi connectivity index (χ2n) is 4.28. The highest BCUT2D eigenvalue weighted by atomic mass is 79.9. The largest absolute Gasteiger partial charge is 0.477 e. The van der Waals surface area contributed by atoms with Gasteiger partial charge >= 0.3 is 5.97 Å². The van der Waals surface area contributed by atoms with Crippen molar-refractivity contribution in [3.05, 3.63) is 57.8 Å². The van der Waals surface area contributed by atoms with Crippen molar-refractivity contribution >= 4 is 33.5 Å². The number of rotatable bonds is 4. The molecule has 0 fully saturated rings. The highest BCUT2D eigenvalue weighted by Crippen LogP contribution is 2.20. The Morgan fingerprint density at radius 3 is 2.62 bits per heavy atom. The molecule has 108 valence electrons. The van der Waals surface area contributed by atoms with E-state index in [9.17, 15) is 9.59 Å². The molecule has 0 spiro atoms. The molecule has 0 atom stereocenters. The maximum Gasteiger partial charge on any atom is 0.354 e. The van der Waals surface area contributed by atoms with E-state index in [-0.39, 0.29) is 18.1 Å². The lowest BCUT2D eigenvalue weighted by Gasteiger charge is -2.07. The average Bonchev–Trinajstić information content (AvgIpc) is 2.48. The molecule has 7 heteroatoms. The number of carboxylic acid groups (broad SMARTS) is 1. The van der Waals surface area contributed by atoms with E-state index in [1.165, 1.54) is 12.3 Å². The number of carbonyl (C=O) groups is 2. The van der Waals surface area contributed by atoms with Crippen LogP contribution in [-0.4, -0.2) is 22.0 Å². The summed E-state index contributed by atoms with van der Waals surface area (Å²) in [6.45, 7) is 0.252. The molecule has 1 heterocycles. The number of anilines is 1. The molecule has 6 nitrogen and oxygen atoms in total. The van der Waals surface area contributed by atoms with E-state index in [0.29, 0.717) is 16.8 Å². The number of aromatic carboxylic acids is 1. The second-order valence-corrected chi connectivity index (χ2v) is 5.13. The van der Waals surface area contributed by atoms with Crippen LogP contribution in [0.25, 0.3) is 0 Å². The molecule has 0 radical (unpaired) electrons. The minimum atomic E-state index is -1.09. The number of aromatic nitrogens is 1. The third-order valence-corrected chi connectivity index (χ3v) is 3.48. The number of carboxylic acids is 1. The highest BCUT2D eigenvalue weighted by molar-refractivity contribution is 9.10. The number of nitrogens with two attached hydrogens (primary N) is 1. The Labute approximate surface area is 129 Å². The highest BCUT2D eigenvalue weighted by Gasteiger charge is 2.08. The first-order valence-corrected chi connectivity index (χ1v) is 6.78. The molecule has 0 aliphatic carbocycles. The van der Waals surface area contributed by atoms with Crippen molar-refractivity contribution in [1.29, 1.82) is 0 Å². The van der Waals surface area contributed by atoms with Gasteiger partial charge in [0.2, 0.25) is 0 Å². The molecule has 2 rings (SSSR count). The zero-order chi connectivity index (χ0) is 15.4. The minimum Gasteiger partial charge on any atom is -0.477 e. The molecule has 1 aromatic heterocycles. The Morgan fingerprint density at radius 2 is 2.05 bits per heavy atom. The molecule has 1 amide bonds. The number of hydrogen-bond donors (Lipinski definition) is 3. The predicted molar refractivity (Wildman–Crippen MR) is 80.9 cm³/mol. The summed E-state index contributed by atoms with van der Waals surface area (Å²) in [5, 5.41) is 11.5. The van der Waals surface area contributed by atoms with Crippen LogP contribution in [0.2, 0.25) is 0 Å². The molecule has 0 unspecified atom stereocenters. The van der Waals surface area contributed by atoms with Crippen molar-refractivity contribution in [2.75, 3.05) is 5.73 Å². The second kappa shape index (κ2) is 6.36. The van der Waals surface area contributed by atoms with Crippen LogP contribution in [0.15, 0.2) is 41.0 Å². The summed E-state index contributed by atoms with van der Waals surface area (Å²) >= 11 is 3.26. The molecule has 2 aromatic rings. The van der Waals surface area contributed by atoms with E-state index in [2.05, 4.69) is 26.2 Å². The Balaban J connectivity index is 2.00. The van der Waals surface area contributed by atoms with Crippen molar-refractivity contribution in [1.82, 2.24) is 10.3 Å². The number of halogens is 1. The molecular weight excluding hydrogens is 338 g/mol. The Hall–Kier alpha value is -2.41. The number of carbonyl (C=O) groups excluding carboxylic acids is 1. The lowest BCUT2D eigenvalue weighted by atomic mass is 10.2. The van der Waals surface area contributed by atoms with Gasteiger partial charge in [-0.15, -0.1) is 0 Å². The fourth-order valence-electron chi connectivity index (χ4n) is 1.62. The number of pyridine rings is 1. The van der Waals surface area contributed by atoms with Gasteiger partial charge in [-0.3, -0.25) is 4.79 Å². The molecule has 1 aromatic carbocycles. The van der Waals surface area contributed by atoms with Crippen LogP contribution in [0.5, 0.6) is 0 Å². The minimum absolute atomic E-state index is 0.0363. The monoisotopic (exact) mass is 349 g/mol. The molecule has 0 bridgehead atoms. The number of nitrogens with one attached hydrogen (secondary N) is 1. The van der Waals surface area contributed by atoms with Crippen molar-refractivity contribution in [2.45, 2.75) is 6.54 Å². The van der Waals surface area contributed by atoms with Crippen LogP contribution < -0.4 is 11.1 Å². The Morgan fingerprint density at radius 1 is 1.29 bits per heavy atom. The summed E-state index contributed by atoms with van der Waals surface area (Å²) in [5.41, 5.74) is 7.32. The fraction of sp³-hybridized carbons (Fsp3) is 0.0714. The van der Waals surface area contributed by atoms with Crippen molar-refractivity contribution in [3.63, 3.8) is 0 Å². The van der Waals surface area contributed by atoms with Gasteiger partial charge in [-0.05, 0) is 45.8 Å². The topological polar surface area (TPSA) is 105 Å². The van der Waals surface area contributed by atoms with Crippen molar-refractivity contribution in [2.24, 2.45) is 0 Å². The summed E-state index contributed by atoms with van der Waals surface area (Å²) in [6, 6.07) is 7.92. The molecule has 0 aliphatic rings. The van der Waals surface area contributed by atoms with Crippen LogP contribution in [0.4, 0.5) is 5.69 Å². The van der Waals surface area contributed by atoms with Crippen LogP contribution in [0, 0.1) is 0 Å². The summed E-state index contributed by atoms with van der Waals surface area (Å²) in [6.07, 6.45) is 1.42. The van der Waals surface area contributed by atoms with Gasteiger partial charge < -0.3 is 16.2 Å². The first-order valence-electron chi connectivity index (χ1n) is 5.99. The molecule has 21 heavy (non-hydrogen) atoms. The van der Waals surface area contributed by atoms with E-state index in [4.69, 9.17) is 10.8 Å². The summed E-state index contributed by atoms with van der Waals surface area (Å²) < 4.78 is 0.729. The van der Waals surface area contributed by atoms with Gasteiger partial charge in [0.15, 0.2) is 0 Å². The molecule has 0 saturated carbocycles. The number of nitrogen functional groups attached to an aromatic ring is 1. The van der Waals surface area contributed by atoms with Gasteiger partial charge in [0.1, 0.15) is 5.69 Å².